The van der Waals surface area contributed by atoms with Crippen LogP contribution >= 0.6 is 11.6 Å². The molecule has 6 heteroatoms. The average molecular weight is 322 g/mol. The molecule has 1 N–H and O–H groups in total. The molecule has 1 heterocycles. The zero-order valence-electron chi connectivity index (χ0n) is 12.2. The Bertz CT molecular complexity index is 725. The number of nitrogens with one attached hydrogen (secondary N) is 1. The van der Waals surface area contributed by atoms with Gasteiger partial charge >= 0.3 is 0 Å². The highest BCUT2D eigenvalue weighted by atomic mass is 35.5. The number of nitrogens with zero attached hydrogens (tertiary/aromatic N) is 2. The number of hydrogen-bond donors (Lipinski definition) is 1. The number of hydrogen-bond acceptors (Lipinski definition) is 3. The van der Waals surface area contributed by atoms with Gasteiger partial charge in [-0.3, -0.25) is 4.79 Å². The van der Waals surface area contributed by atoms with Crippen molar-refractivity contribution in [1.29, 1.82) is 0 Å². The molecule has 116 valence electrons. The zero-order valence-corrected chi connectivity index (χ0v) is 13.0. The normalized spacial score (nSPS) is 16.1. The fourth-order valence-corrected chi connectivity index (χ4v) is 2.92. The first-order chi connectivity index (χ1) is 10.6. The Labute approximate surface area is 132 Å². The molecule has 1 saturated carbocycles. The van der Waals surface area contributed by atoms with Crippen molar-refractivity contribution >= 4 is 17.3 Å². The van der Waals surface area contributed by atoms with Gasteiger partial charge in [0.2, 0.25) is 0 Å². The van der Waals surface area contributed by atoms with E-state index in [0.717, 1.165) is 18.4 Å². The molecule has 1 aromatic carbocycles. The molecule has 1 fully saturated rings. The molecule has 1 atom stereocenters. The van der Waals surface area contributed by atoms with Crippen LogP contribution in [-0.4, -0.2) is 9.78 Å². The first-order valence-electron chi connectivity index (χ1n) is 7.30. The Morgan fingerprint density at radius 1 is 1.36 bits per heavy atom. The summed E-state index contributed by atoms with van der Waals surface area (Å²) in [5.74, 6) is 0.190. The maximum absolute atomic E-state index is 13.1. The predicted molar refractivity (Wildman–Crippen MR) is 84.6 cm³/mol. The van der Waals surface area contributed by atoms with Gasteiger partial charge in [-0.05, 0) is 36.5 Å². The summed E-state index contributed by atoms with van der Waals surface area (Å²) in [6, 6.07) is 6.45. The maximum atomic E-state index is 13.1. The Morgan fingerprint density at radius 3 is 2.64 bits per heavy atom. The van der Waals surface area contributed by atoms with Crippen LogP contribution in [0.25, 0.3) is 0 Å². The summed E-state index contributed by atoms with van der Waals surface area (Å²) >= 11 is 6.13. The molecule has 3 rings (SSSR count). The average Bonchev–Trinajstić information content (AvgIpc) is 2.46. The van der Waals surface area contributed by atoms with Crippen LogP contribution in [0.1, 0.15) is 30.9 Å². The highest BCUT2D eigenvalue weighted by Gasteiger charge is 2.29. The van der Waals surface area contributed by atoms with Crippen LogP contribution in [0.2, 0.25) is 5.02 Å². The lowest BCUT2D eigenvalue weighted by molar-refractivity contribution is 0.277. The molecule has 0 bridgehead atoms. The van der Waals surface area contributed by atoms with Gasteiger partial charge in [-0.15, -0.1) is 0 Å². The summed E-state index contributed by atoms with van der Waals surface area (Å²) in [5, 5.41) is 7.45. The van der Waals surface area contributed by atoms with Gasteiger partial charge in [-0.1, -0.05) is 30.2 Å². The number of rotatable bonds is 4. The molecule has 0 amide bonds. The highest BCUT2D eigenvalue weighted by Crippen LogP contribution is 2.40. The fraction of sp³-hybridized carbons (Fsp3) is 0.375. The van der Waals surface area contributed by atoms with Gasteiger partial charge in [0.15, 0.2) is 0 Å². The number of anilines is 1. The summed E-state index contributed by atoms with van der Waals surface area (Å²) in [4.78, 5) is 11.9. The van der Waals surface area contributed by atoms with E-state index in [-0.39, 0.29) is 22.4 Å². The van der Waals surface area contributed by atoms with Crippen molar-refractivity contribution in [2.24, 2.45) is 13.0 Å². The maximum Gasteiger partial charge on any atom is 0.287 e. The molecule has 1 aliphatic rings. The van der Waals surface area contributed by atoms with Crippen LogP contribution in [-0.2, 0) is 7.05 Å². The molecular weight excluding hydrogens is 305 g/mol. The minimum absolute atomic E-state index is 0.000700. The highest BCUT2D eigenvalue weighted by molar-refractivity contribution is 6.32. The fourth-order valence-electron chi connectivity index (χ4n) is 2.70. The van der Waals surface area contributed by atoms with Gasteiger partial charge in [0.1, 0.15) is 10.8 Å². The van der Waals surface area contributed by atoms with Crippen molar-refractivity contribution in [2.45, 2.75) is 25.3 Å². The second-order valence-electron chi connectivity index (χ2n) is 5.67. The zero-order chi connectivity index (χ0) is 15.7. The molecule has 0 radical (unpaired) electrons. The molecule has 2 aromatic rings. The first-order valence-corrected chi connectivity index (χ1v) is 7.68. The van der Waals surface area contributed by atoms with Crippen LogP contribution < -0.4 is 10.9 Å². The molecule has 22 heavy (non-hydrogen) atoms. The van der Waals surface area contributed by atoms with Gasteiger partial charge in [0, 0.05) is 7.05 Å². The quantitative estimate of drug-likeness (QED) is 0.937. The van der Waals surface area contributed by atoms with E-state index < -0.39 is 0 Å². The van der Waals surface area contributed by atoms with E-state index in [9.17, 15) is 9.18 Å². The molecule has 1 aliphatic carbocycles. The third kappa shape index (κ3) is 2.86. The first kappa shape index (κ1) is 15.0. The summed E-state index contributed by atoms with van der Waals surface area (Å²) < 4.78 is 14.3. The van der Waals surface area contributed by atoms with Crippen LogP contribution in [0.4, 0.5) is 10.1 Å². The van der Waals surface area contributed by atoms with E-state index in [2.05, 4.69) is 10.4 Å². The van der Waals surface area contributed by atoms with E-state index in [1.165, 1.54) is 23.2 Å². The monoisotopic (exact) mass is 321 g/mol. The van der Waals surface area contributed by atoms with Gasteiger partial charge in [-0.2, -0.15) is 5.10 Å². The molecular formula is C16H17ClFN3O. The summed E-state index contributed by atoms with van der Waals surface area (Å²) in [6.45, 7) is 0. The predicted octanol–water partition coefficient (Wildman–Crippen LogP) is 3.53. The number of aromatic nitrogens is 2. The standard InChI is InChI=1S/C16H17ClFN3O/c1-21-16(22)14(17)13(9-19-21)20-15(10-3-2-4-10)11-5-7-12(18)8-6-11/h5-10,15,20H,2-4H2,1H3. The van der Waals surface area contributed by atoms with Crippen LogP contribution in [0.5, 0.6) is 0 Å². The van der Waals surface area contributed by atoms with E-state index in [4.69, 9.17) is 11.6 Å². The lowest BCUT2D eigenvalue weighted by atomic mass is 9.77. The number of benzene rings is 1. The third-order valence-corrected chi connectivity index (χ3v) is 4.60. The van der Waals surface area contributed by atoms with Crippen LogP contribution in [0.15, 0.2) is 35.3 Å². The van der Waals surface area contributed by atoms with Gasteiger partial charge in [0.05, 0.1) is 17.9 Å². The van der Waals surface area contributed by atoms with Crippen molar-refractivity contribution in [3.63, 3.8) is 0 Å². The topological polar surface area (TPSA) is 46.9 Å². The van der Waals surface area contributed by atoms with E-state index in [1.807, 2.05) is 0 Å². The van der Waals surface area contributed by atoms with E-state index in [0.29, 0.717) is 11.6 Å². The number of halogens is 2. The Kier molecular flexibility index (Phi) is 4.16. The second kappa shape index (κ2) is 6.08. The second-order valence-corrected chi connectivity index (χ2v) is 6.04. The van der Waals surface area contributed by atoms with Gasteiger partial charge in [-0.25, -0.2) is 9.07 Å². The number of aryl methyl sites for hydroxylation is 1. The Morgan fingerprint density at radius 2 is 2.05 bits per heavy atom. The van der Waals surface area contributed by atoms with Crippen molar-refractivity contribution in [3.05, 3.63) is 57.2 Å². The van der Waals surface area contributed by atoms with Crippen LogP contribution in [0.3, 0.4) is 0 Å². The molecule has 0 spiro atoms. The SMILES string of the molecule is Cn1ncc(NC(c2ccc(F)cc2)C2CCC2)c(Cl)c1=O. The van der Waals surface area contributed by atoms with Crippen molar-refractivity contribution in [1.82, 2.24) is 9.78 Å². The van der Waals surface area contributed by atoms with Crippen molar-refractivity contribution in [3.8, 4) is 0 Å². The lowest BCUT2D eigenvalue weighted by Crippen LogP contribution is -2.28. The molecule has 0 aliphatic heterocycles. The van der Waals surface area contributed by atoms with E-state index in [1.54, 1.807) is 25.4 Å². The smallest absolute Gasteiger partial charge is 0.287 e. The van der Waals surface area contributed by atoms with Crippen molar-refractivity contribution < 1.29 is 4.39 Å². The van der Waals surface area contributed by atoms with Gasteiger partial charge < -0.3 is 5.32 Å². The Balaban J connectivity index is 1.92. The summed E-state index contributed by atoms with van der Waals surface area (Å²) in [7, 11) is 1.56. The van der Waals surface area contributed by atoms with E-state index >= 15 is 0 Å². The largest absolute Gasteiger partial charge is 0.375 e. The van der Waals surface area contributed by atoms with Gasteiger partial charge in [0.25, 0.3) is 5.56 Å². The molecule has 0 saturated heterocycles. The minimum atomic E-state index is -0.335. The third-order valence-electron chi connectivity index (χ3n) is 4.24. The van der Waals surface area contributed by atoms with Crippen molar-refractivity contribution in [2.75, 3.05) is 5.32 Å². The minimum Gasteiger partial charge on any atom is -0.375 e. The summed E-state index contributed by atoms with van der Waals surface area (Å²) in [5.41, 5.74) is 1.17. The lowest BCUT2D eigenvalue weighted by Gasteiger charge is -2.35. The molecule has 4 nitrogen and oxygen atoms in total. The molecule has 1 unspecified atom stereocenters. The summed E-state index contributed by atoms with van der Waals surface area (Å²) in [6.07, 6.45) is 4.95. The van der Waals surface area contributed by atoms with Crippen LogP contribution in [0, 0.1) is 11.7 Å². The molecule has 1 aromatic heterocycles. The Hall–Kier alpha value is -1.88.